The number of alkyl halides is 1. The molecule has 1 aromatic rings. The standard InChI is InChI=1S/C16H19ClO3/c1-19-16(18)20-15(10-6-3-7-13-17)12-11-14-8-4-2-5-9-14/h2,4-5,8-9,15H,3,7,11-13H2,1H3. The highest BCUT2D eigenvalue weighted by Crippen LogP contribution is 2.08. The van der Waals surface area contributed by atoms with Gasteiger partial charge in [0.05, 0.1) is 7.11 Å². The summed E-state index contributed by atoms with van der Waals surface area (Å²) in [6, 6.07) is 10.0. The summed E-state index contributed by atoms with van der Waals surface area (Å²) >= 11 is 5.59. The molecule has 4 heteroatoms. The van der Waals surface area contributed by atoms with Crippen molar-refractivity contribution in [3.63, 3.8) is 0 Å². The van der Waals surface area contributed by atoms with Crippen molar-refractivity contribution in [2.75, 3.05) is 13.0 Å². The molecular weight excluding hydrogens is 276 g/mol. The van der Waals surface area contributed by atoms with Gasteiger partial charge in [0.1, 0.15) is 0 Å². The topological polar surface area (TPSA) is 35.5 Å². The van der Waals surface area contributed by atoms with Crippen molar-refractivity contribution in [3.05, 3.63) is 35.9 Å². The van der Waals surface area contributed by atoms with Gasteiger partial charge < -0.3 is 9.47 Å². The Bertz CT molecular complexity index is 448. The van der Waals surface area contributed by atoms with Crippen LogP contribution in [-0.2, 0) is 15.9 Å². The first-order valence-electron chi connectivity index (χ1n) is 6.59. The Morgan fingerprint density at radius 3 is 2.75 bits per heavy atom. The number of benzene rings is 1. The summed E-state index contributed by atoms with van der Waals surface area (Å²) in [5.41, 5.74) is 1.19. The predicted octanol–water partition coefficient (Wildman–Crippen LogP) is 3.79. The summed E-state index contributed by atoms with van der Waals surface area (Å²) < 4.78 is 9.64. The summed E-state index contributed by atoms with van der Waals surface area (Å²) in [6.07, 6.45) is 1.83. The Balaban J connectivity index is 2.52. The van der Waals surface area contributed by atoms with Gasteiger partial charge >= 0.3 is 6.16 Å². The average molecular weight is 295 g/mol. The number of rotatable bonds is 6. The molecule has 3 nitrogen and oxygen atoms in total. The highest BCUT2D eigenvalue weighted by Gasteiger charge is 2.12. The molecular formula is C16H19ClO3. The predicted molar refractivity (Wildman–Crippen MR) is 79.8 cm³/mol. The molecule has 0 aliphatic heterocycles. The minimum atomic E-state index is -0.699. The minimum absolute atomic E-state index is 0.446. The molecule has 108 valence electrons. The third kappa shape index (κ3) is 7.06. The molecule has 1 aromatic carbocycles. The van der Waals surface area contributed by atoms with Crippen LogP contribution in [0.3, 0.4) is 0 Å². The van der Waals surface area contributed by atoms with Gasteiger partial charge in [-0.05, 0) is 18.4 Å². The third-order valence-electron chi connectivity index (χ3n) is 2.64. The number of unbranched alkanes of at least 4 members (excludes halogenated alkanes) is 1. The van der Waals surface area contributed by atoms with Crippen molar-refractivity contribution in [3.8, 4) is 11.8 Å². The van der Waals surface area contributed by atoms with Gasteiger partial charge in [-0.1, -0.05) is 42.2 Å². The highest BCUT2D eigenvalue weighted by atomic mass is 35.5. The van der Waals surface area contributed by atoms with E-state index >= 15 is 0 Å². The van der Waals surface area contributed by atoms with Gasteiger partial charge in [0.25, 0.3) is 0 Å². The monoisotopic (exact) mass is 294 g/mol. The number of aryl methyl sites for hydroxylation is 1. The van der Waals surface area contributed by atoms with Gasteiger partial charge in [-0.2, -0.15) is 0 Å². The van der Waals surface area contributed by atoms with Crippen LogP contribution in [-0.4, -0.2) is 25.2 Å². The van der Waals surface area contributed by atoms with Crippen LogP contribution in [0, 0.1) is 11.8 Å². The second kappa shape index (κ2) is 10.2. The molecule has 0 aromatic heterocycles. The maximum atomic E-state index is 11.2. The second-order valence-electron chi connectivity index (χ2n) is 4.20. The van der Waals surface area contributed by atoms with Crippen LogP contribution in [0.1, 0.15) is 24.8 Å². The lowest BCUT2D eigenvalue weighted by atomic mass is 10.1. The molecule has 0 spiro atoms. The molecule has 0 fully saturated rings. The number of carbonyl (C=O) groups is 1. The number of halogens is 1. The van der Waals surface area contributed by atoms with Gasteiger partial charge in [-0.3, -0.25) is 0 Å². The van der Waals surface area contributed by atoms with E-state index in [4.69, 9.17) is 16.3 Å². The van der Waals surface area contributed by atoms with Crippen LogP contribution in [0.2, 0.25) is 0 Å². The maximum Gasteiger partial charge on any atom is 0.509 e. The third-order valence-corrected chi connectivity index (χ3v) is 2.91. The van der Waals surface area contributed by atoms with Gasteiger partial charge in [0.2, 0.25) is 0 Å². The van der Waals surface area contributed by atoms with E-state index in [0.29, 0.717) is 18.7 Å². The molecule has 0 aliphatic carbocycles. The Morgan fingerprint density at radius 1 is 1.35 bits per heavy atom. The van der Waals surface area contributed by atoms with Crippen LogP contribution in [0.25, 0.3) is 0 Å². The molecule has 1 atom stereocenters. The summed E-state index contributed by atoms with van der Waals surface area (Å²) in [5, 5.41) is 0. The van der Waals surface area contributed by atoms with Gasteiger partial charge in [-0.25, -0.2) is 4.79 Å². The number of ether oxygens (including phenoxy) is 2. The van der Waals surface area contributed by atoms with Crippen LogP contribution in [0.15, 0.2) is 30.3 Å². The van der Waals surface area contributed by atoms with Crippen molar-refractivity contribution in [2.24, 2.45) is 0 Å². The van der Waals surface area contributed by atoms with Crippen LogP contribution in [0.4, 0.5) is 4.79 Å². The zero-order valence-electron chi connectivity index (χ0n) is 11.6. The molecule has 0 heterocycles. The van der Waals surface area contributed by atoms with E-state index in [-0.39, 0.29) is 0 Å². The zero-order valence-corrected chi connectivity index (χ0v) is 12.4. The first-order chi connectivity index (χ1) is 9.76. The summed E-state index contributed by atoms with van der Waals surface area (Å²) in [5.74, 6) is 6.53. The lowest BCUT2D eigenvalue weighted by molar-refractivity contribution is 0.0529. The molecule has 0 N–H and O–H groups in total. The van der Waals surface area contributed by atoms with Crippen molar-refractivity contribution in [1.82, 2.24) is 0 Å². The Labute approximate surface area is 125 Å². The SMILES string of the molecule is COC(=O)OC(C#CCCCCl)CCc1ccccc1. The van der Waals surface area contributed by atoms with Gasteiger partial charge in [0, 0.05) is 18.7 Å². The summed E-state index contributed by atoms with van der Waals surface area (Å²) in [4.78, 5) is 11.2. The molecule has 0 aliphatic rings. The molecule has 0 saturated carbocycles. The molecule has 1 rings (SSSR count). The summed E-state index contributed by atoms with van der Waals surface area (Å²) in [7, 11) is 1.29. The smallest absolute Gasteiger partial charge is 0.438 e. The number of hydrogen-bond donors (Lipinski definition) is 0. The normalized spacial score (nSPS) is 11.1. The molecule has 0 radical (unpaired) electrons. The molecule has 0 amide bonds. The average Bonchev–Trinajstić information content (AvgIpc) is 2.49. The Morgan fingerprint density at radius 2 is 2.10 bits per heavy atom. The van der Waals surface area contributed by atoms with Crippen LogP contribution in [0.5, 0.6) is 0 Å². The fraction of sp³-hybridized carbons (Fsp3) is 0.438. The summed E-state index contributed by atoms with van der Waals surface area (Å²) in [6.45, 7) is 0. The Hall–Kier alpha value is -1.66. The van der Waals surface area contributed by atoms with Crippen molar-refractivity contribution < 1.29 is 14.3 Å². The molecule has 1 unspecified atom stereocenters. The van der Waals surface area contributed by atoms with Gasteiger partial charge in [0.15, 0.2) is 6.10 Å². The molecule has 0 saturated heterocycles. The first kappa shape index (κ1) is 16.4. The molecule has 20 heavy (non-hydrogen) atoms. The fourth-order valence-electron chi connectivity index (χ4n) is 1.61. The van der Waals surface area contributed by atoms with E-state index in [1.165, 1.54) is 12.7 Å². The van der Waals surface area contributed by atoms with Gasteiger partial charge in [-0.15, -0.1) is 11.6 Å². The van der Waals surface area contributed by atoms with E-state index in [9.17, 15) is 4.79 Å². The van der Waals surface area contributed by atoms with Crippen LogP contribution < -0.4 is 0 Å². The van der Waals surface area contributed by atoms with E-state index < -0.39 is 12.3 Å². The van der Waals surface area contributed by atoms with E-state index in [0.717, 1.165) is 12.8 Å². The lowest BCUT2D eigenvalue weighted by Crippen LogP contribution is -2.17. The van der Waals surface area contributed by atoms with E-state index in [1.54, 1.807) is 0 Å². The largest absolute Gasteiger partial charge is 0.509 e. The van der Waals surface area contributed by atoms with E-state index in [2.05, 4.69) is 16.6 Å². The Kier molecular flexibility index (Phi) is 8.33. The lowest BCUT2D eigenvalue weighted by Gasteiger charge is -2.11. The number of carbonyl (C=O) groups excluding carboxylic acids is 1. The zero-order chi connectivity index (χ0) is 14.6. The quantitative estimate of drug-likeness (QED) is 0.346. The maximum absolute atomic E-state index is 11.2. The first-order valence-corrected chi connectivity index (χ1v) is 7.12. The number of hydrogen-bond acceptors (Lipinski definition) is 3. The van der Waals surface area contributed by atoms with Crippen molar-refractivity contribution >= 4 is 17.8 Å². The highest BCUT2D eigenvalue weighted by molar-refractivity contribution is 6.17. The molecule has 0 bridgehead atoms. The second-order valence-corrected chi connectivity index (χ2v) is 4.58. The van der Waals surface area contributed by atoms with Crippen molar-refractivity contribution in [2.45, 2.75) is 31.8 Å². The van der Waals surface area contributed by atoms with E-state index in [1.807, 2.05) is 30.3 Å². The number of methoxy groups -OCH3 is 1. The minimum Gasteiger partial charge on any atom is -0.438 e. The fourth-order valence-corrected chi connectivity index (χ4v) is 1.74. The van der Waals surface area contributed by atoms with Crippen LogP contribution >= 0.6 is 11.6 Å². The van der Waals surface area contributed by atoms with Crippen molar-refractivity contribution in [1.29, 1.82) is 0 Å².